The Balaban J connectivity index is 2.98. The molecule has 0 saturated heterocycles. The lowest BCUT2D eigenvalue weighted by Crippen LogP contribution is -1.81. The highest BCUT2D eigenvalue weighted by molar-refractivity contribution is 4.97. The van der Waals surface area contributed by atoms with Gasteiger partial charge >= 0.3 is 0 Å². The molecular formula is C17H31. The van der Waals surface area contributed by atoms with E-state index in [0.717, 1.165) is 0 Å². The van der Waals surface area contributed by atoms with Gasteiger partial charge in [-0.1, -0.05) is 82.9 Å². The average molecular weight is 235 g/mol. The van der Waals surface area contributed by atoms with Gasteiger partial charge in [-0.05, 0) is 25.8 Å². The Morgan fingerprint density at radius 1 is 0.765 bits per heavy atom. The molecule has 0 atom stereocenters. The van der Waals surface area contributed by atoms with Gasteiger partial charge in [-0.2, -0.15) is 0 Å². The van der Waals surface area contributed by atoms with Crippen molar-refractivity contribution < 1.29 is 0 Å². The average Bonchev–Trinajstić information content (AvgIpc) is 2.35. The number of allylic oxidation sites excluding steroid dienone is 4. The molecule has 0 heterocycles. The van der Waals surface area contributed by atoms with Crippen LogP contribution in [0.15, 0.2) is 18.2 Å². The summed E-state index contributed by atoms with van der Waals surface area (Å²) in [5, 5.41) is 0. The molecule has 0 unspecified atom stereocenters. The van der Waals surface area contributed by atoms with Crippen molar-refractivity contribution in [1.29, 1.82) is 0 Å². The van der Waals surface area contributed by atoms with Crippen LogP contribution in [-0.4, -0.2) is 0 Å². The Hall–Kier alpha value is -0.520. The van der Waals surface area contributed by atoms with E-state index < -0.39 is 0 Å². The van der Waals surface area contributed by atoms with Gasteiger partial charge < -0.3 is 0 Å². The van der Waals surface area contributed by atoms with E-state index in [4.69, 9.17) is 0 Å². The molecule has 0 aromatic rings. The summed E-state index contributed by atoms with van der Waals surface area (Å²) in [6, 6.07) is 0. The topological polar surface area (TPSA) is 0 Å². The normalized spacial score (nSPS) is 11.9. The van der Waals surface area contributed by atoms with Gasteiger partial charge in [0.25, 0.3) is 0 Å². The number of hydrogen-bond donors (Lipinski definition) is 0. The summed E-state index contributed by atoms with van der Waals surface area (Å²) in [5.41, 5.74) is 0. The van der Waals surface area contributed by atoms with E-state index in [1.807, 2.05) is 13.0 Å². The fraction of sp³-hybridized carbons (Fsp3) is 0.765. The highest BCUT2D eigenvalue weighted by Gasteiger charge is 1.91. The summed E-state index contributed by atoms with van der Waals surface area (Å²) in [6.45, 7) is 4.22. The fourth-order valence-electron chi connectivity index (χ4n) is 2.01. The van der Waals surface area contributed by atoms with Gasteiger partial charge in [-0.3, -0.25) is 0 Å². The molecular weight excluding hydrogens is 204 g/mol. The second kappa shape index (κ2) is 15.5. The lowest BCUT2D eigenvalue weighted by atomic mass is 10.1. The van der Waals surface area contributed by atoms with Gasteiger partial charge in [0, 0.05) is 0 Å². The molecule has 0 nitrogen and oxygen atoms in total. The van der Waals surface area contributed by atoms with Crippen LogP contribution in [0.4, 0.5) is 0 Å². The van der Waals surface area contributed by atoms with E-state index in [-0.39, 0.29) is 0 Å². The molecule has 0 aliphatic heterocycles. The predicted molar refractivity (Wildman–Crippen MR) is 79.1 cm³/mol. The molecule has 0 fully saturated rings. The third-order valence-corrected chi connectivity index (χ3v) is 3.12. The van der Waals surface area contributed by atoms with Gasteiger partial charge in [0.05, 0.1) is 0 Å². The van der Waals surface area contributed by atoms with Crippen molar-refractivity contribution in [1.82, 2.24) is 0 Å². The standard InChI is InChI=1S/C17H31/c1-3-5-7-9-11-13-15-17-16-14-12-10-8-6-4-2/h6,8,10H,3,5,7,9,11-17H2,1-2H3. The monoisotopic (exact) mass is 235 g/mol. The minimum Gasteiger partial charge on any atom is -0.0845 e. The van der Waals surface area contributed by atoms with Crippen molar-refractivity contribution in [3.05, 3.63) is 24.3 Å². The Labute approximate surface area is 109 Å². The maximum absolute atomic E-state index is 3.00. The van der Waals surface area contributed by atoms with E-state index in [1.54, 1.807) is 0 Å². The maximum Gasteiger partial charge on any atom is -0.0348 e. The van der Waals surface area contributed by atoms with Crippen LogP contribution in [-0.2, 0) is 0 Å². The molecule has 0 aliphatic rings. The smallest absolute Gasteiger partial charge is 0.0348 e. The quantitative estimate of drug-likeness (QED) is 0.278. The second-order valence-electron chi connectivity index (χ2n) is 4.85. The third kappa shape index (κ3) is 15.5. The summed E-state index contributed by atoms with van der Waals surface area (Å²) >= 11 is 0. The van der Waals surface area contributed by atoms with Crippen LogP contribution in [0.25, 0.3) is 0 Å². The largest absolute Gasteiger partial charge is 0.0845 e. The minimum atomic E-state index is 1.23. The van der Waals surface area contributed by atoms with Gasteiger partial charge in [0.15, 0.2) is 0 Å². The van der Waals surface area contributed by atoms with Crippen LogP contribution in [0.3, 0.4) is 0 Å². The zero-order chi connectivity index (χ0) is 12.6. The van der Waals surface area contributed by atoms with Crippen molar-refractivity contribution in [2.24, 2.45) is 0 Å². The lowest BCUT2D eigenvalue weighted by molar-refractivity contribution is 0.557. The first-order chi connectivity index (χ1) is 8.41. The molecule has 0 spiro atoms. The summed E-state index contributed by atoms with van der Waals surface area (Å²) < 4.78 is 0. The van der Waals surface area contributed by atoms with Crippen LogP contribution >= 0.6 is 0 Å². The van der Waals surface area contributed by atoms with E-state index >= 15 is 0 Å². The summed E-state index contributed by atoms with van der Waals surface area (Å²) in [6.07, 6.45) is 24.8. The van der Waals surface area contributed by atoms with Crippen LogP contribution in [0, 0.1) is 6.08 Å². The first-order valence-corrected chi connectivity index (χ1v) is 7.57. The van der Waals surface area contributed by atoms with Crippen molar-refractivity contribution >= 4 is 0 Å². The Morgan fingerprint density at radius 2 is 1.29 bits per heavy atom. The molecule has 0 bridgehead atoms. The molecule has 0 aromatic carbocycles. The van der Waals surface area contributed by atoms with Gasteiger partial charge in [-0.25, -0.2) is 0 Å². The van der Waals surface area contributed by atoms with Crippen molar-refractivity contribution in [2.75, 3.05) is 0 Å². The number of unbranched alkanes of at least 4 members (excludes halogenated alkanes) is 10. The van der Waals surface area contributed by atoms with E-state index in [1.165, 1.54) is 70.6 Å². The predicted octanol–water partition coefficient (Wildman–Crippen LogP) is 6.23. The molecule has 0 rings (SSSR count). The lowest BCUT2D eigenvalue weighted by Gasteiger charge is -2.01. The van der Waals surface area contributed by atoms with Crippen molar-refractivity contribution in [3.8, 4) is 0 Å². The third-order valence-electron chi connectivity index (χ3n) is 3.12. The molecule has 0 aliphatic carbocycles. The van der Waals surface area contributed by atoms with Crippen LogP contribution in [0.1, 0.15) is 84.5 Å². The molecule has 17 heavy (non-hydrogen) atoms. The highest BCUT2D eigenvalue weighted by Crippen LogP contribution is 2.11. The molecule has 0 N–H and O–H groups in total. The zero-order valence-corrected chi connectivity index (χ0v) is 12.0. The molecule has 1 radical (unpaired) electrons. The Kier molecular flexibility index (Phi) is 15.0. The van der Waals surface area contributed by atoms with Crippen LogP contribution in [0.2, 0.25) is 0 Å². The Bertz CT molecular complexity index is 176. The summed E-state index contributed by atoms with van der Waals surface area (Å²) in [4.78, 5) is 0. The van der Waals surface area contributed by atoms with E-state index in [9.17, 15) is 0 Å². The van der Waals surface area contributed by atoms with Crippen molar-refractivity contribution in [3.63, 3.8) is 0 Å². The molecule has 0 saturated carbocycles. The second-order valence-corrected chi connectivity index (χ2v) is 4.85. The minimum absolute atomic E-state index is 1.23. The summed E-state index contributed by atoms with van der Waals surface area (Å²) in [7, 11) is 0. The Morgan fingerprint density at radius 3 is 1.82 bits per heavy atom. The van der Waals surface area contributed by atoms with Gasteiger partial charge in [0.2, 0.25) is 0 Å². The van der Waals surface area contributed by atoms with Gasteiger partial charge in [-0.15, -0.1) is 0 Å². The van der Waals surface area contributed by atoms with E-state index in [0.29, 0.717) is 0 Å². The number of hydrogen-bond acceptors (Lipinski definition) is 0. The maximum atomic E-state index is 3.00. The van der Waals surface area contributed by atoms with Crippen LogP contribution < -0.4 is 0 Å². The van der Waals surface area contributed by atoms with Gasteiger partial charge in [0.1, 0.15) is 0 Å². The molecule has 99 valence electrons. The van der Waals surface area contributed by atoms with Crippen LogP contribution in [0.5, 0.6) is 0 Å². The van der Waals surface area contributed by atoms with E-state index in [2.05, 4.69) is 25.2 Å². The first kappa shape index (κ1) is 16.5. The molecule has 0 amide bonds. The SMILES string of the molecule is C/[C]=C/C=CCCCCCCCCCCCC. The summed E-state index contributed by atoms with van der Waals surface area (Å²) in [5.74, 6) is 0. The fourth-order valence-corrected chi connectivity index (χ4v) is 2.01. The first-order valence-electron chi connectivity index (χ1n) is 7.57. The number of rotatable bonds is 12. The highest BCUT2D eigenvalue weighted by atomic mass is 14.0. The zero-order valence-electron chi connectivity index (χ0n) is 12.0. The molecule has 0 heteroatoms. The molecule has 0 aromatic heterocycles. The van der Waals surface area contributed by atoms with Crippen molar-refractivity contribution in [2.45, 2.75) is 84.5 Å².